The smallest absolute Gasteiger partial charge is 0.327 e. The second-order valence-corrected chi connectivity index (χ2v) is 8.72. The predicted octanol–water partition coefficient (Wildman–Crippen LogP) is 3.64. The third kappa shape index (κ3) is 3.51. The molecule has 1 spiro atoms. The molecule has 3 amide bonds. The quantitative estimate of drug-likeness (QED) is 0.646. The molecule has 2 aliphatic rings. The van der Waals surface area contributed by atoms with Crippen LogP contribution >= 0.6 is 0 Å². The maximum Gasteiger partial charge on any atom is 0.327 e. The first kappa shape index (κ1) is 19.8. The molecule has 0 atom stereocenters. The van der Waals surface area contributed by atoms with Gasteiger partial charge in [0, 0.05) is 44.4 Å². The highest BCUT2D eigenvalue weighted by Gasteiger charge is 2.56. The van der Waals surface area contributed by atoms with Crippen LogP contribution in [-0.2, 0) is 17.8 Å². The predicted molar refractivity (Wildman–Crippen MR) is 121 cm³/mol. The summed E-state index contributed by atoms with van der Waals surface area (Å²) in [5.74, 6) is -0.0267. The van der Waals surface area contributed by atoms with Gasteiger partial charge in [0.15, 0.2) is 0 Å². The van der Waals surface area contributed by atoms with Crippen molar-refractivity contribution in [3.05, 3.63) is 71.9 Å². The third-order valence-electron chi connectivity index (χ3n) is 6.93. The van der Waals surface area contributed by atoms with Crippen LogP contribution in [0.5, 0.6) is 0 Å². The second-order valence-electron chi connectivity index (χ2n) is 8.72. The average Bonchev–Trinajstić information content (AvgIpc) is 3.28. The molecule has 2 fully saturated rings. The molecule has 0 bridgehead atoms. The average molecular weight is 417 g/mol. The molecular weight excluding hydrogens is 388 g/mol. The Morgan fingerprint density at radius 2 is 1.68 bits per heavy atom. The molecule has 2 aromatic carbocycles. The lowest BCUT2D eigenvalue weighted by Gasteiger charge is -2.40. The summed E-state index contributed by atoms with van der Waals surface area (Å²) in [4.78, 5) is 35.2. The molecule has 0 unspecified atom stereocenters. The van der Waals surface area contributed by atoms with Gasteiger partial charge < -0.3 is 9.88 Å². The van der Waals surface area contributed by atoms with Crippen molar-refractivity contribution in [2.75, 3.05) is 26.7 Å². The van der Waals surface area contributed by atoms with Gasteiger partial charge >= 0.3 is 6.03 Å². The van der Waals surface area contributed by atoms with Crippen molar-refractivity contribution in [3.8, 4) is 0 Å². The van der Waals surface area contributed by atoms with Crippen LogP contribution in [0.2, 0.25) is 0 Å². The van der Waals surface area contributed by atoms with Gasteiger partial charge in [0.05, 0.1) is 0 Å². The number of hydrogen-bond acceptors (Lipinski definition) is 3. The molecule has 31 heavy (non-hydrogen) atoms. The van der Waals surface area contributed by atoms with Crippen LogP contribution < -0.4 is 0 Å². The Balaban J connectivity index is 1.24. The molecule has 2 aliphatic heterocycles. The van der Waals surface area contributed by atoms with Crippen molar-refractivity contribution < 1.29 is 9.59 Å². The van der Waals surface area contributed by atoms with Crippen molar-refractivity contribution in [1.82, 2.24) is 19.7 Å². The molecule has 0 radical (unpaired) electrons. The third-order valence-corrected chi connectivity index (χ3v) is 6.93. The van der Waals surface area contributed by atoms with Gasteiger partial charge in [-0.15, -0.1) is 0 Å². The topological polar surface area (TPSA) is 59.7 Å². The van der Waals surface area contributed by atoms with Crippen LogP contribution in [-0.4, -0.2) is 63.8 Å². The number of imide groups is 1. The fourth-order valence-corrected chi connectivity index (χ4v) is 5.02. The van der Waals surface area contributed by atoms with Crippen LogP contribution in [0.1, 0.15) is 24.1 Å². The van der Waals surface area contributed by atoms with E-state index >= 15 is 0 Å². The van der Waals surface area contributed by atoms with E-state index in [0.717, 1.165) is 30.7 Å². The summed E-state index contributed by atoms with van der Waals surface area (Å²) in [6.45, 7) is 2.86. The fourth-order valence-electron chi connectivity index (χ4n) is 5.02. The molecular formula is C25H28N4O2. The van der Waals surface area contributed by atoms with Crippen LogP contribution in [0.3, 0.4) is 0 Å². The number of rotatable bonds is 5. The van der Waals surface area contributed by atoms with Crippen molar-refractivity contribution in [3.63, 3.8) is 0 Å². The minimum Gasteiger partial charge on any atom is -0.357 e. The molecule has 3 heterocycles. The summed E-state index contributed by atoms with van der Waals surface area (Å²) < 4.78 is 0. The van der Waals surface area contributed by atoms with E-state index < -0.39 is 5.54 Å². The van der Waals surface area contributed by atoms with Crippen LogP contribution in [0.4, 0.5) is 4.79 Å². The summed E-state index contributed by atoms with van der Waals surface area (Å²) in [6, 6.07) is 20.3. The summed E-state index contributed by atoms with van der Waals surface area (Å²) >= 11 is 0. The number of nitrogens with zero attached hydrogens (tertiary/aromatic N) is 3. The monoisotopic (exact) mass is 416 g/mol. The molecule has 6 nitrogen and oxygen atoms in total. The Bertz CT molecular complexity index is 1070. The number of piperidine rings is 1. The number of amides is 3. The molecule has 0 saturated carbocycles. The van der Waals surface area contributed by atoms with Gasteiger partial charge in [-0.25, -0.2) is 4.79 Å². The lowest BCUT2D eigenvalue weighted by Crippen LogP contribution is -2.55. The fraction of sp³-hybridized carbons (Fsp3) is 0.360. The molecule has 160 valence electrons. The molecule has 1 N–H and O–H groups in total. The van der Waals surface area contributed by atoms with E-state index in [0.29, 0.717) is 25.8 Å². The summed E-state index contributed by atoms with van der Waals surface area (Å²) in [5, 5.41) is 1.22. The summed E-state index contributed by atoms with van der Waals surface area (Å²) in [7, 11) is 1.79. The molecule has 5 rings (SSSR count). The zero-order valence-corrected chi connectivity index (χ0v) is 17.9. The van der Waals surface area contributed by atoms with E-state index in [1.165, 1.54) is 16.0 Å². The Morgan fingerprint density at radius 3 is 2.42 bits per heavy atom. The van der Waals surface area contributed by atoms with Crippen molar-refractivity contribution in [2.45, 2.75) is 31.3 Å². The molecule has 2 saturated heterocycles. The minimum absolute atomic E-state index is 0.0267. The van der Waals surface area contributed by atoms with Gasteiger partial charge in [0.2, 0.25) is 0 Å². The van der Waals surface area contributed by atoms with E-state index in [-0.39, 0.29) is 11.9 Å². The Kier molecular flexibility index (Phi) is 5.02. The number of para-hydroxylation sites is 1. The van der Waals surface area contributed by atoms with Gasteiger partial charge in [-0.3, -0.25) is 14.6 Å². The summed E-state index contributed by atoms with van der Waals surface area (Å²) in [6.07, 6.45) is 2.04. The highest BCUT2D eigenvalue weighted by molar-refractivity contribution is 6.07. The molecule has 3 aromatic rings. The number of likely N-dealkylation sites (N-methyl/N-ethyl adjacent to an activating group) is 1. The number of urea groups is 1. The number of fused-ring (bicyclic) bond motifs is 1. The first-order valence-corrected chi connectivity index (χ1v) is 11.0. The van der Waals surface area contributed by atoms with Gasteiger partial charge in [0.25, 0.3) is 5.91 Å². The normalized spacial score (nSPS) is 19.1. The number of hydrogen-bond donors (Lipinski definition) is 1. The van der Waals surface area contributed by atoms with Crippen LogP contribution in [0.15, 0.2) is 60.7 Å². The number of H-pyrrole nitrogens is 1. The number of carbonyl (C=O) groups excluding carboxylic acids is 2. The number of likely N-dealkylation sites (tertiary alicyclic amines) is 1. The molecule has 0 aliphatic carbocycles. The lowest BCUT2D eigenvalue weighted by atomic mass is 9.86. The van der Waals surface area contributed by atoms with E-state index in [1.54, 1.807) is 11.9 Å². The zero-order valence-electron chi connectivity index (χ0n) is 17.9. The van der Waals surface area contributed by atoms with Gasteiger partial charge in [0.1, 0.15) is 5.54 Å². The second kappa shape index (κ2) is 7.85. The highest BCUT2D eigenvalue weighted by Crippen LogP contribution is 2.36. The lowest BCUT2D eigenvalue weighted by molar-refractivity contribution is -0.135. The molecule has 6 heteroatoms. The Hall–Kier alpha value is -3.12. The zero-order chi connectivity index (χ0) is 21.4. The number of aromatic amines is 1. The number of benzene rings is 2. The van der Waals surface area contributed by atoms with E-state index in [4.69, 9.17) is 0 Å². The van der Waals surface area contributed by atoms with Crippen molar-refractivity contribution in [1.29, 1.82) is 0 Å². The number of aromatic nitrogens is 1. The SMILES string of the molecule is CN1C(=O)N(CCc2ccccc2)C(=O)C12CCN(Cc1cc3ccccc3[nH]1)CC2. The number of carbonyl (C=O) groups is 2. The minimum atomic E-state index is -0.690. The van der Waals surface area contributed by atoms with Crippen molar-refractivity contribution >= 4 is 22.8 Å². The Morgan fingerprint density at radius 1 is 0.968 bits per heavy atom. The van der Waals surface area contributed by atoms with Gasteiger partial charge in [-0.05, 0) is 42.3 Å². The Labute approximate surface area is 182 Å². The number of nitrogens with one attached hydrogen (secondary N) is 1. The summed E-state index contributed by atoms with van der Waals surface area (Å²) in [5.41, 5.74) is 2.78. The van der Waals surface area contributed by atoms with Crippen LogP contribution in [0, 0.1) is 0 Å². The van der Waals surface area contributed by atoms with Crippen LogP contribution in [0.25, 0.3) is 10.9 Å². The van der Waals surface area contributed by atoms with Crippen molar-refractivity contribution in [2.24, 2.45) is 0 Å². The van der Waals surface area contributed by atoms with E-state index in [1.807, 2.05) is 42.5 Å². The molecule has 1 aromatic heterocycles. The first-order chi connectivity index (χ1) is 15.1. The standard InChI is InChI=1S/C25H28N4O2/c1-27-24(31)29(14-11-19-7-3-2-4-8-19)23(30)25(27)12-15-28(16-13-25)18-21-17-20-9-5-6-10-22(20)26-21/h2-10,17,26H,11-16,18H2,1H3. The van der Waals surface area contributed by atoms with E-state index in [2.05, 4.69) is 28.1 Å². The highest BCUT2D eigenvalue weighted by atomic mass is 16.2. The largest absolute Gasteiger partial charge is 0.357 e. The maximum absolute atomic E-state index is 13.3. The van der Waals surface area contributed by atoms with E-state index in [9.17, 15) is 9.59 Å². The maximum atomic E-state index is 13.3. The first-order valence-electron chi connectivity index (χ1n) is 11.0. The van der Waals surface area contributed by atoms with Gasteiger partial charge in [-0.1, -0.05) is 48.5 Å². The van der Waals surface area contributed by atoms with Gasteiger partial charge in [-0.2, -0.15) is 0 Å².